The lowest BCUT2D eigenvalue weighted by Crippen LogP contribution is -2.17. The molecule has 20 heavy (non-hydrogen) atoms. The number of nitrogens with zero attached hydrogens (tertiary/aromatic N) is 1. The minimum absolute atomic E-state index is 0.199. The number of hydrogen-bond acceptors (Lipinski definition) is 4. The summed E-state index contributed by atoms with van der Waals surface area (Å²) in [6.07, 6.45) is 0. The monoisotopic (exact) mass is 267 g/mol. The summed E-state index contributed by atoms with van der Waals surface area (Å²) in [6.45, 7) is 0. The van der Waals surface area contributed by atoms with Crippen LogP contribution in [-0.4, -0.2) is 17.9 Å². The fourth-order valence-electron chi connectivity index (χ4n) is 2.01. The first-order chi connectivity index (χ1) is 9.69. The van der Waals surface area contributed by atoms with Crippen molar-refractivity contribution in [2.45, 2.75) is 0 Å². The third kappa shape index (κ3) is 1.99. The molecule has 0 unspecified atom stereocenters. The third-order valence-electron chi connectivity index (χ3n) is 3.04. The molecule has 0 atom stereocenters. The van der Waals surface area contributed by atoms with Gasteiger partial charge in [0.05, 0.1) is 5.56 Å². The van der Waals surface area contributed by atoms with E-state index in [1.165, 1.54) is 0 Å². The fraction of sp³-hybridized carbons (Fsp3) is 0.0667. The molecular formula is C15H13N3O2. The molecule has 3 N–H and O–H groups in total. The topological polar surface area (TPSA) is 81.2 Å². The van der Waals surface area contributed by atoms with Crippen LogP contribution in [0.1, 0.15) is 10.4 Å². The maximum atomic E-state index is 11.8. The largest absolute Gasteiger partial charge is 0.435 e. The summed E-state index contributed by atoms with van der Waals surface area (Å²) in [7, 11) is 1.58. The van der Waals surface area contributed by atoms with E-state index in [1.807, 2.05) is 18.2 Å². The van der Waals surface area contributed by atoms with Crippen LogP contribution in [0.4, 0.5) is 5.69 Å². The number of nitrogen functional groups attached to an aromatic ring is 1. The van der Waals surface area contributed by atoms with Crippen molar-refractivity contribution in [3.05, 3.63) is 48.0 Å². The summed E-state index contributed by atoms with van der Waals surface area (Å²) < 4.78 is 5.74. The van der Waals surface area contributed by atoms with Crippen molar-refractivity contribution in [1.82, 2.24) is 10.3 Å². The highest BCUT2D eigenvalue weighted by Gasteiger charge is 2.15. The zero-order valence-corrected chi connectivity index (χ0v) is 10.9. The number of nitrogens with one attached hydrogen (secondary N) is 1. The van der Waals surface area contributed by atoms with Crippen LogP contribution in [0.2, 0.25) is 0 Å². The Kier molecular flexibility index (Phi) is 2.87. The number of oxazole rings is 1. The standard InChI is InChI=1S/C15H13N3O2/c1-17-14(19)11-3-2-4-12-13(11)20-15(18-12)9-5-7-10(16)8-6-9/h2-8H,16H2,1H3,(H,17,19). The Morgan fingerprint density at radius 1 is 1.20 bits per heavy atom. The second-order valence-corrected chi connectivity index (χ2v) is 4.37. The van der Waals surface area contributed by atoms with E-state index in [0.29, 0.717) is 28.2 Å². The molecule has 5 heteroatoms. The number of fused-ring (bicyclic) bond motifs is 1. The van der Waals surface area contributed by atoms with Gasteiger partial charge in [0.2, 0.25) is 5.89 Å². The molecule has 0 saturated heterocycles. The molecule has 0 spiro atoms. The summed E-state index contributed by atoms with van der Waals surface area (Å²) in [4.78, 5) is 16.2. The lowest BCUT2D eigenvalue weighted by molar-refractivity contribution is 0.0964. The predicted octanol–water partition coefficient (Wildman–Crippen LogP) is 2.44. The highest BCUT2D eigenvalue weighted by atomic mass is 16.3. The number of benzene rings is 2. The average molecular weight is 267 g/mol. The SMILES string of the molecule is CNC(=O)c1cccc2nc(-c3ccc(N)cc3)oc12. The number of amides is 1. The van der Waals surface area contributed by atoms with E-state index < -0.39 is 0 Å². The van der Waals surface area contributed by atoms with Crippen LogP contribution < -0.4 is 11.1 Å². The summed E-state index contributed by atoms with van der Waals surface area (Å²) >= 11 is 0. The van der Waals surface area contributed by atoms with Gasteiger partial charge in [-0.2, -0.15) is 0 Å². The van der Waals surface area contributed by atoms with Gasteiger partial charge in [-0.25, -0.2) is 4.98 Å². The molecule has 0 bridgehead atoms. The van der Waals surface area contributed by atoms with Gasteiger partial charge in [-0.05, 0) is 36.4 Å². The number of rotatable bonds is 2. The zero-order chi connectivity index (χ0) is 14.1. The van der Waals surface area contributed by atoms with Gasteiger partial charge in [0.15, 0.2) is 5.58 Å². The van der Waals surface area contributed by atoms with Crippen molar-refractivity contribution in [3.8, 4) is 11.5 Å². The van der Waals surface area contributed by atoms with Crippen LogP contribution >= 0.6 is 0 Å². The number of carbonyl (C=O) groups excluding carboxylic acids is 1. The first-order valence-electron chi connectivity index (χ1n) is 6.16. The summed E-state index contributed by atoms with van der Waals surface area (Å²) in [6, 6.07) is 12.5. The Morgan fingerprint density at radius 3 is 2.65 bits per heavy atom. The molecule has 1 heterocycles. The van der Waals surface area contributed by atoms with Gasteiger partial charge in [-0.1, -0.05) is 6.07 Å². The molecule has 1 amide bonds. The van der Waals surface area contributed by atoms with E-state index in [1.54, 1.807) is 31.3 Å². The van der Waals surface area contributed by atoms with Gasteiger partial charge in [0.1, 0.15) is 5.52 Å². The molecule has 0 aliphatic carbocycles. The quantitative estimate of drug-likeness (QED) is 0.699. The first-order valence-corrected chi connectivity index (χ1v) is 6.16. The number of anilines is 1. The molecule has 3 aromatic rings. The number of nitrogens with two attached hydrogens (primary N) is 1. The Balaban J connectivity index is 2.15. The molecule has 1 aromatic heterocycles. The van der Waals surface area contributed by atoms with Crippen molar-refractivity contribution in [3.63, 3.8) is 0 Å². The molecule has 0 aliphatic heterocycles. The lowest BCUT2D eigenvalue weighted by Gasteiger charge is -1.99. The smallest absolute Gasteiger partial charge is 0.254 e. The van der Waals surface area contributed by atoms with Gasteiger partial charge in [-0.3, -0.25) is 4.79 Å². The summed E-state index contributed by atoms with van der Waals surface area (Å²) in [5.74, 6) is 0.270. The maximum absolute atomic E-state index is 11.8. The normalized spacial score (nSPS) is 10.7. The zero-order valence-electron chi connectivity index (χ0n) is 10.9. The molecule has 100 valence electrons. The van der Waals surface area contributed by atoms with Crippen molar-refractivity contribution in [1.29, 1.82) is 0 Å². The van der Waals surface area contributed by atoms with E-state index in [9.17, 15) is 4.79 Å². The van der Waals surface area contributed by atoms with Crippen molar-refractivity contribution >= 4 is 22.7 Å². The van der Waals surface area contributed by atoms with Crippen molar-refractivity contribution < 1.29 is 9.21 Å². The maximum Gasteiger partial charge on any atom is 0.254 e. The van der Waals surface area contributed by atoms with Crippen molar-refractivity contribution in [2.24, 2.45) is 0 Å². The van der Waals surface area contributed by atoms with Gasteiger partial charge in [-0.15, -0.1) is 0 Å². The van der Waals surface area contributed by atoms with Crippen LogP contribution in [-0.2, 0) is 0 Å². The Labute approximate surface area is 115 Å². The minimum Gasteiger partial charge on any atom is -0.435 e. The molecule has 2 aromatic carbocycles. The van der Waals surface area contributed by atoms with Crippen LogP contribution in [0.3, 0.4) is 0 Å². The van der Waals surface area contributed by atoms with Gasteiger partial charge in [0, 0.05) is 18.3 Å². The minimum atomic E-state index is -0.199. The average Bonchev–Trinajstić information content (AvgIpc) is 2.91. The third-order valence-corrected chi connectivity index (χ3v) is 3.04. The first kappa shape index (κ1) is 12.2. The number of aromatic nitrogens is 1. The number of hydrogen-bond donors (Lipinski definition) is 2. The lowest BCUT2D eigenvalue weighted by atomic mass is 10.2. The summed E-state index contributed by atoms with van der Waals surface area (Å²) in [5.41, 5.74) is 8.76. The summed E-state index contributed by atoms with van der Waals surface area (Å²) in [5, 5.41) is 2.59. The second kappa shape index (κ2) is 4.70. The number of para-hydroxylation sites is 1. The van der Waals surface area contributed by atoms with Crippen LogP contribution in [0.25, 0.3) is 22.6 Å². The van der Waals surface area contributed by atoms with Gasteiger partial charge in [0.25, 0.3) is 5.91 Å². The van der Waals surface area contributed by atoms with Crippen LogP contribution in [0.5, 0.6) is 0 Å². The predicted molar refractivity (Wildman–Crippen MR) is 77.2 cm³/mol. The highest BCUT2D eigenvalue weighted by Crippen LogP contribution is 2.27. The van der Waals surface area contributed by atoms with Gasteiger partial charge >= 0.3 is 0 Å². The molecule has 0 fully saturated rings. The second-order valence-electron chi connectivity index (χ2n) is 4.37. The molecule has 0 aliphatic rings. The Bertz CT molecular complexity index is 775. The van der Waals surface area contributed by atoms with E-state index in [0.717, 1.165) is 5.56 Å². The van der Waals surface area contributed by atoms with Crippen LogP contribution in [0.15, 0.2) is 46.9 Å². The molecule has 0 saturated carbocycles. The fourth-order valence-corrected chi connectivity index (χ4v) is 2.01. The Morgan fingerprint density at radius 2 is 1.95 bits per heavy atom. The molecule has 5 nitrogen and oxygen atoms in total. The Hall–Kier alpha value is -2.82. The van der Waals surface area contributed by atoms with E-state index in [4.69, 9.17) is 10.2 Å². The molecule has 3 rings (SSSR count). The van der Waals surface area contributed by atoms with Crippen LogP contribution in [0, 0.1) is 0 Å². The van der Waals surface area contributed by atoms with E-state index >= 15 is 0 Å². The molecule has 0 radical (unpaired) electrons. The van der Waals surface area contributed by atoms with Gasteiger partial charge < -0.3 is 15.5 Å². The van der Waals surface area contributed by atoms with Crippen molar-refractivity contribution in [2.75, 3.05) is 12.8 Å². The van der Waals surface area contributed by atoms with E-state index in [2.05, 4.69) is 10.3 Å². The van der Waals surface area contributed by atoms with E-state index in [-0.39, 0.29) is 5.91 Å². The molecular weight excluding hydrogens is 254 g/mol. The highest BCUT2D eigenvalue weighted by molar-refractivity contribution is 6.04. The number of carbonyl (C=O) groups is 1.